The molecule has 0 spiro atoms. The largest absolute Gasteiger partial charge is 0.494 e. The van der Waals surface area contributed by atoms with E-state index in [2.05, 4.69) is 0 Å². The Balaban J connectivity index is 2.90. The van der Waals surface area contributed by atoms with Gasteiger partial charge in [-0.2, -0.15) is 0 Å². The first-order valence-electron chi connectivity index (χ1n) is 4.47. The summed E-state index contributed by atoms with van der Waals surface area (Å²) in [5.41, 5.74) is 0. The highest BCUT2D eigenvalue weighted by Gasteiger charge is 2.07. The summed E-state index contributed by atoms with van der Waals surface area (Å²) in [6.07, 6.45) is 2.09. The zero-order valence-corrected chi connectivity index (χ0v) is 9.17. The monoisotopic (exact) mass is 214 g/mol. The van der Waals surface area contributed by atoms with E-state index in [9.17, 15) is 8.42 Å². The van der Waals surface area contributed by atoms with Crippen molar-refractivity contribution in [1.82, 2.24) is 0 Å². The molecule has 1 rings (SSSR count). The molecule has 3 nitrogen and oxygen atoms in total. The molecule has 78 valence electrons. The summed E-state index contributed by atoms with van der Waals surface area (Å²) >= 11 is 0. The maximum atomic E-state index is 11.2. The molecule has 1 aromatic carbocycles. The van der Waals surface area contributed by atoms with Crippen LogP contribution in [0.15, 0.2) is 29.2 Å². The van der Waals surface area contributed by atoms with Crippen molar-refractivity contribution < 1.29 is 13.2 Å². The summed E-state index contributed by atoms with van der Waals surface area (Å²) < 4.78 is 27.7. The molecular weight excluding hydrogens is 200 g/mol. The molecule has 4 heteroatoms. The SMILES string of the molecule is CCCOc1cccc(S(C)(=O)=O)c1. The highest BCUT2D eigenvalue weighted by atomic mass is 32.2. The van der Waals surface area contributed by atoms with Crippen LogP contribution in [0.1, 0.15) is 13.3 Å². The number of hydrogen-bond acceptors (Lipinski definition) is 3. The van der Waals surface area contributed by atoms with Gasteiger partial charge in [-0.15, -0.1) is 0 Å². The molecular formula is C10H14O3S. The van der Waals surface area contributed by atoms with E-state index in [-0.39, 0.29) is 0 Å². The van der Waals surface area contributed by atoms with Crippen LogP contribution in [0, 0.1) is 0 Å². The molecule has 0 unspecified atom stereocenters. The van der Waals surface area contributed by atoms with Gasteiger partial charge in [-0.3, -0.25) is 0 Å². The maximum absolute atomic E-state index is 11.2. The van der Waals surface area contributed by atoms with E-state index in [1.54, 1.807) is 24.3 Å². The Kier molecular flexibility index (Phi) is 3.52. The average molecular weight is 214 g/mol. The Labute approximate surface area is 84.6 Å². The molecule has 0 aromatic heterocycles. The molecule has 1 aromatic rings. The molecule has 14 heavy (non-hydrogen) atoms. The van der Waals surface area contributed by atoms with Crippen LogP contribution in [0.2, 0.25) is 0 Å². The normalized spacial score (nSPS) is 11.3. The van der Waals surface area contributed by atoms with Gasteiger partial charge in [0.15, 0.2) is 9.84 Å². The molecule has 0 atom stereocenters. The minimum Gasteiger partial charge on any atom is -0.494 e. The molecule has 0 saturated heterocycles. The van der Waals surface area contributed by atoms with Crippen molar-refractivity contribution >= 4 is 9.84 Å². The Morgan fingerprint density at radius 1 is 1.36 bits per heavy atom. The number of ether oxygens (including phenoxy) is 1. The lowest BCUT2D eigenvalue weighted by Crippen LogP contribution is -1.99. The smallest absolute Gasteiger partial charge is 0.175 e. The van der Waals surface area contributed by atoms with Gasteiger partial charge >= 0.3 is 0 Å². The van der Waals surface area contributed by atoms with Gasteiger partial charge in [-0.25, -0.2) is 8.42 Å². The summed E-state index contributed by atoms with van der Waals surface area (Å²) in [7, 11) is -3.13. The van der Waals surface area contributed by atoms with Gasteiger partial charge in [-0.1, -0.05) is 13.0 Å². The summed E-state index contributed by atoms with van der Waals surface area (Å²) in [5, 5.41) is 0. The minimum atomic E-state index is -3.13. The summed E-state index contributed by atoms with van der Waals surface area (Å²) in [5.74, 6) is 0.606. The Hall–Kier alpha value is -1.03. The minimum absolute atomic E-state index is 0.297. The summed E-state index contributed by atoms with van der Waals surface area (Å²) in [4.78, 5) is 0.297. The predicted octanol–water partition coefficient (Wildman–Crippen LogP) is 1.88. The fourth-order valence-electron chi connectivity index (χ4n) is 1.01. The highest BCUT2D eigenvalue weighted by Crippen LogP contribution is 2.17. The van der Waals surface area contributed by atoms with Gasteiger partial charge in [0.05, 0.1) is 11.5 Å². The first kappa shape index (κ1) is 11.0. The lowest BCUT2D eigenvalue weighted by Gasteiger charge is -2.05. The van der Waals surface area contributed by atoms with Crippen molar-refractivity contribution in [3.63, 3.8) is 0 Å². The lowest BCUT2D eigenvalue weighted by atomic mass is 10.3. The Morgan fingerprint density at radius 3 is 2.64 bits per heavy atom. The lowest BCUT2D eigenvalue weighted by molar-refractivity contribution is 0.316. The molecule has 0 saturated carbocycles. The number of benzene rings is 1. The van der Waals surface area contributed by atoms with Crippen LogP contribution in [-0.4, -0.2) is 21.3 Å². The van der Waals surface area contributed by atoms with Crippen molar-refractivity contribution in [3.05, 3.63) is 24.3 Å². The number of rotatable bonds is 4. The zero-order valence-electron chi connectivity index (χ0n) is 8.36. The van der Waals surface area contributed by atoms with Crippen LogP contribution in [0.5, 0.6) is 5.75 Å². The second-order valence-electron chi connectivity index (χ2n) is 3.10. The Morgan fingerprint density at radius 2 is 2.07 bits per heavy atom. The predicted molar refractivity (Wildman–Crippen MR) is 55.3 cm³/mol. The van der Waals surface area contributed by atoms with E-state index < -0.39 is 9.84 Å². The second kappa shape index (κ2) is 4.46. The second-order valence-corrected chi connectivity index (χ2v) is 5.11. The first-order valence-corrected chi connectivity index (χ1v) is 6.36. The molecule has 0 N–H and O–H groups in total. The molecule has 0 aliphatic heterocycles. The van der Waals surface area contributed by atoms with Crippen molar-refractivity contribution in [2.75, 3.05) is 12.9 Å². The van der Waals surface area contributed by atoms with Gasteiger partial charge in [0.25, 0.3) is 0 Å². The zero-order chi connectivity index (χ0) is 10.6. The van der Waals surface area contributed by atoms with Gasteiger partial charge in [0.2, 0.25) is 0 Å². The van der Waals surface area contributed by atoms with E-state index in [1.807, 2.05) is 6.92 Å². The summed E-state index contributed by atoms with van der Waals surface area (Å²) in [6, 6.07) is 6.55. The van der Waals surface area contributed by atoms with Crippen molar-refractivity contribution in [2.24, 2.45) is 0 Å². The van der Waals surface area contributed by atoms with Gasteiger partial charge in [-0.05, 0) is 24.6 Å². The Bertz CT molecular complexity index is 396. The molecule has 0 amide bonds. The van der Waals surface area contributed by atoms with E-state index in [0.717, 1.165) is 6.42 Å². The quantitative estimate of drug-likeness (QED) is 0.768. The van der Waals surface area contributed by atoms with Gasteiger partial charge < -0.3 is 4.74 Å². The first-order chi connectivity index (χ1) is 6.54. The van der Waals surface area contributed by atoms with Crippen LogP contribution in [0.3, 0.4) is 0 Å². The topological polar surface area (TPSA) is 43.4 Å². The van der Waals surface area contributed by atoms with Crippen molar-refractivity contribution in [1.29, 1.82) is 0 Å². The van der Waals surface area contributed by atoms with E-state index in [0.29, 0.717) is 17.3 Å². The molecule has 0 bridgehead atoms. The van der Waals surface area contributed by atoms with Crippen LogP contribution in [0.25, 0.3) is 0 Å². The molecule has 0 heterocycles. The number of sulfone groups is 1. The molecule has 0 aliphatic rings. The number of hydrogen-bond donors (Lipinski definition) is 0. The van der Waals surface area contributed by atoms with Crippen LogP contribution >= 0.6 is 0 Å². The van der Waals surface area contributed by atoms with Crippen LogP contribution in [0.4, 0.5) is 0 Å². The third-order valence-corrected chi connectivity index (χ3v) is 2.82. The highest BCUT2D eigenvalue weighted by molar-refractivity contribution is 7.90. The third-order valence-electron chi connectivity index (χ3n) is 1.71. The third kappa shape index (κ3) is 3.03. The van der Waals surface area contributed by atoms with Crippen LogP contribution in [-0.2, 0) is 9.84 Å². The van der Waals surface area contributed by atoms with Crippen molar-refractivity contribution in [2.45, 2.75) is 18.2 Å². The molecule has 0 radical (unpaired) electrons. The standard InChI is InChI=1S/C10H14O3S/c1-3-7-13-9-5-4-6-10(8-9)14(2,11)12/h4-6,8H,3,7H2,1-2H3. The van der Waals surface area contributed by atoms with Crippen LogP contribution < -0.4 is 4.74 Å². The van der Waals surface area contributed by atoms with Gasteiger partial charge in [0.1, 0.15) is 5.75 Å². The average Bonchev–Trinajstić information content (AvgIpc) is 2.14. The van der Waals surface area contributed by atoms with E-state index >= 15 is 0 Å². The van der Waals surface area contributed by atoms with Crippen molar-refractivity contribution in [3.8, 4) is 5.75 Å². The molecule has 0 fully saturated rings. The van der Waals surface area contributed by atoms with E-state index in [4.69, 9.17) is 4.74 Å². The fraction of sp³-hybridized carbons (Fsp3) is 0.400. The van der Waals surface area contributed by atoms with E-state index in [1.165, 1.54) is 6.26 Å². The summed E-state index contributed by atoms with van der Waals surface area (Å²) in [6.45, 7) is 2.60. The van der Waals surface area contributed by atoms with Gasteiger partial charge in [0, 0.05) is 6.26 Å². The molecule has 0 aliphatic carbocycles. The maximum Gasteiger partial charge on any atom is 0.175 e. The fourth-order valence-corrected chi connectivity index (χ4v) is 1.67.